The molecule has 0 radical (unpaired) electrons. The van der Waals surface area contributed by atoms with Crippen LogP contribution < -0.4 is 0 Å². The van der Waals surface area contributed by atoms with Crippen molar-refractivity contribution in [2.45, 2.75) is 31.9 Å². The summed E-state index contributed by atoms with van der Waals surface area (Å²) in [5, 5.41) is -0.739. The monoisotopic (exact) mass is 491 g/mol. The zero-order valence-corrected chi connectivity index (χ0v) is 18.9. The third-order valence-corrected chi connectivity index (χ3v) is 7.34. The number of hydrogen-bond donors (Lipinski definition) is 0. The minimum absolute atomic E-state index is 0.0473. The Bertz CT molecular complexity index is 1070. The molecule has 0 N–H and O–H groups in total. The molecule has 31 heavy (non-hydrogen) atoms. The van der Waals surface area contributed by atoms with Crippen LogP contribution in [0.5, 0.6) is 0 Å². The van der Waals surface area contributed by atoms with E-state index < -0.39 is 51.5 Å². The SMILES string of the molecule is CCO[C@H]1C(=O)N2C(C(=O)OCc3ccc(Cl)c(Cl)c3)=C(COC(C)=O)CS(=O)(=O)[C@H]12. The number of β-lactam (4-membered cyclic amide) rings is 1. The third-order valence-electron chi connectivity index (χ3n) is 4.66. The summed E-state index contributed by atoms with van der Waals surface area (Å²) in [6.07, 6.45) is -1.21. The first-order valence-corrected chi connectivity index (χ1v) is 11.7. The fourth-order valence-corrected chi connectivity index (χ4v) is 5.61. The van der Waals surface area contributed by atoms with Gasteiger partial charge in [0.25, 0.3) is 5.91 Å². The van der Waals surface area contributed by atoms with Gasteiger partial charge in [0.1, 0.15) is 18.9 Å². The molecule has 0 unspecified atom stereocenters. The highest BCUT2D eigenvalue weighted by Crippen LogP contribution is 2.38. The van der Waals surface area contributed by atoms with Crippen LogP contribution in [0.25, 0.3) is 0 Å². The number of halogens is 2. The second-order valence-electron chi connectivity index (χ2n) is 6.84. The smallest absolute Gasteiger partial charge is 0.355 e. The molecule has 0 aromatic heterocycles. The second-order valence-corrected chi connectivity index (χ2v) is 9.75. The topological polar surface area (TPSA) is 116 Å². The van der Waals surface area contributed by atoms with Crippen LogP contribution in [0.1, 0.15) is 19.4 Å². The molecule has 168 valence electrons. The van der Waals surface area contributed by atoms with E-state index in [9.17, 15) is 22.8 Å². The van der Waals surface area contributed by atoms with Gasteiger partial charge in [-0.3, -0.25) is 14.5 Å². The van der Waals surface area contributed by atoms with Crippen molar-refractivity contribution < 1.29 is 37.0 Å². The summed E-state index contributed by atoms with van der Waals surface area (Å²) in [7, 11) is -3.88. The predicted molar refractivity (Wildman–Crippen MR) is 110 cm³/mol. The number of esters is 2. The van der Waals surface area contributed by atoms with Gasteiger partial charge in [-0.25, -0.2) is 13.2 Å². The van der Waals surface area contributed by atoms with Crippen LogP contribution in [0.2, 0.25) is 10.0 Å². The summed E-state index contributed by atoms with van der Waals surface area (Å²) >= 11 is 11.8. The van der Waals surface area contributed by atoms with Crippen LogP contribution in [-0.4, -0.2) is 61.6 Å². The number of benzene rings is 1. The molecule has 1 aromatic carbocycles. The van der Waals surface area contributed by atoms with Crippen LogP contribution >= 0.6 is 23.2 Å². The van der Waals surface area contributed by atoms with Gasteiger partial charge in [0.05, 0.1) is 15.8 Å². The molecule has 1 aromatic rings. The van der Waals surface area contributed by atoms with E-state index >= 15 is 0 Å². The lowest BCUT2D eigenvalue weighted by atomic mass is 10.1. The number of rotatable bonds is 7. The zero-order chi connectivity index (χ0) is 22.9. The highest BCUT2D eigenvalue weighted by Gasteiger charge is 2.61. The van der Waals surface area contributed by atoms with E-state index in [1.54, 1.807) is 13.0 Å². The number of carbonyl (C=O) groups is 3. The molecule has 3 rings (SSSR count). The molecule has 0 saturated carbocycles. The van der Waals surface area contributed by atoms with Gasteiger partial charge in [0, 0.05) is 19.1 Å². The maximum absolute atomic E-state index is 12.9. The first-order valence-electron chi connectivity index (χ1n) is 9.19. The fourth-order valence-electron chi connectivity index (χ4n) is 3.31. The Balaban J connectivity index is 1.91. The predicted octanol–water partition coefficient (Wildman–Crippen LogP) is 1.86. The molecule has 2 aliphatic rings. The van der Waals surface area contributed by atoms with Gasteiger partial charge in [-0.05, 0) is 24.6 Å². The van der Waals surface area contributed by atoms with E-state index in [0.29, 0.717) is 10.6 Å². The largest absolute Gasteiger partial charge is 0.461 e. The average Bonchev–Trinajstić information content (AvgIpc) is 2.70. The minimum Gasteiger partial charge on any atom is -0.461 e. The summed E-state index contributed by atoms with van der Waals surface area (Å²) in [6, 6.07) is 4.65. The molecule has 2 aliphatic heterocycles. The molecule has 2 heterocycles. The Hall–Kier alpha value is -2.14. The number of carbonyl (C=O) groups excluding carboxylic acids is 3. The third kappa shape index (κ3) is 4.72. The standard InChI is InChI=1S/C19H19Cl2NO8S/c1-3-28-16-17(24)22-15(12(8-29-10(2)23)9-31(26,27)18(16)22)19(25)30-7-11-4-5-13(20)14(21)6-11/h4-6,16,18H,3,7-9H2,1-2H3/t16-,18+/m0/s1. The second kappa shape index (κ2) is 9.15. The van der Waals surface area contributed by atoms with Crippen LogP contribution in [0.4, 0.5) is 0 Å². The van der Waals surface area contributed by atoms with Crippen molar-refractivity contribution in [3.8, 4) is 0 Å². The Labute approximate surface area is 188 Å². The number of ether oxygens (including phenoxy) is 3. The maximum Gasteiger partial charge on any atom is 0.355 e. The average molecular weight is 492 g/mol. The van der Waals surface area contributed by atoms with E-state index in [1.165, 1.54) is 12.1 Å². The Kier molecular flexibility index (Phi) is 6.95. The van der Waals surface area contributed by atoms with Gasteiger partial charge in [0.2, 0.25) is 0 Å². The molecule has 0 spiro atoms. The van der Waals surface area contributed by atoms with Gasteiger partial charge in [-0.1, -0.05) is 29.3 Å². The van der Waals surface area contributed by atoms with Crippen molar-refractivity contribution in [2.75, 3.05) is 19.0 Å². The molecule has 1 amide bonds. The Morgan fingerprint density at radius 1 is 1.16 bits per heavy atom. The van der Waals surface area contributed by atoms with Crippen LogP contribution in [0, 0.1) is 0 Å². The van der Waals surface area contributed by atoms with Crippen molar-refractivity contribution in [3.05, 3.63) is 45.1 Å². The number of sulfone groups is 1. The van der Waals surface area contributed by atoms with E-state index in [0.717, 1.165) is 11.8 Å². The highest BCUT2D eigenvalue weighted by molar-refractivity contribution is 7.92. The van der Waals surface area contributed by atoms with E-state index in [4.69, 9.17) is 37.4 Å². The summed E-state index contributed by atoms with van der Waals surface area (Å²) < 4.78 is 40.9. The van der Waals surface area contributed by atoms with Crippen molar-refractivity contribution in [1.82, 2.24) is 4.90 Å². The van der Waals surface area contributed by atoms with Crippen LogP contribution in [0.15, 0.2) is 29.5 Å². The number of nitrogens with zero attached hydrogens (tertiary/aromatic N) is 1. The quantitative estimate of drug-likeness (QED) is 0.419. The van der Waals surface area contributed by atoms with Crippen molar-refractivity contribution in [1.29, 1.82) is 0 Å². The summed E-state index contributed by atoms with van der Waals surface area (Å²) in [6.45, 7) is 2.22. The highest BCUT2D eigenvalue weighted by atomic mass is 35.5. The summed E-state index contributed by atoms with van der Waals surface area (Å²) in [5.41, 5.74) is 0.225. The van der Waals surface area contributed by atoms with Crippen LogP contribution in [0.3, 0.4) is 0 Å². The lowest BCUT2D eigenvalue weighted by Gasteiger charge is -2.48. The van der Waals surface area contributed by atoms with Gasteiger partial charge >= 0.3 is 11.9 Å². The molecule has 0 bridgehead atoms. The normalized spacial score (nSPS) is 21.9. The number of fused-ring (bicyclic) bond motifs is 1. The van der Waals surface area contributed by atoms with Crippen molar-refractivity contribution in [2.24, 2.45) is 0 Å². The lowest BCUT2D eigenvalue weighted by molar-refractivity contribution is -0.166. The van der Waals surface area contributed by atoms with Crippen LogP contribution in [-0.2, 0) is 45.0 Å². The first-order chi connectivity index (χ1) is 14.6. The molecule has 1 fully saturated rings. The molecule has 0 aliphatic carbocycles. The van der Waals surface area contributed by atoms with E-state index in [1.807, 2.05) is 0 Å². The number of hydrogen-bond acceptors (Lipinski definition) is 8. The Morgan fingerprint density at radius 2 is 1.87 bits per heavy atom. The Morgan fingerprint density at radius 3 is 2.48 bits per heavy atom. The first kappa shape index (κ1) is 23.5. The summed E-state index contributed by atoms with van der Waals surface area (Å²) in [4.78, 5) is 37.5. The maximum atomic E-state index is 12.9. The molecular weight excluding hydrogens is 473 g/mol. The fraction of sp³-hybridized carbons (Fsp3) is 0.421. The lowest BCUT2D eigenvalue weighted by Crippen LogP contribution is -2.71. The van der Waals surface area contributed by atoms with Gasteiger partial charge in [-0.2, -0.15) is 0 Å². The van der Waals surface area contributed by atoms with Gasteiger partial charge < -0.3 is 14.2 Å². The summed E-state index contributed by atoms with van der Waals surface area (Å²) in [5.74, 6) is -2.86. The van der Waals surface area contributed by atoms with Gasteiger partial charge in [-0.15, -0.1) is 0 Å². The molecule has 9 nitrogen and oxygen atoms in total. The van der Waals surface area contributed by atoms with Crippen molar-refractivity contribution in [3.63, 3.8) is 0 Å². The van der Waals surface area contributed by atoms with Gasteiger partial charge in [0.15, 0.2) is 21.3 Å². The molecule has 2 atom stereocenters. The molecule has 1 saturated heterocycles. The number of amides is 1. The molecule has 12 heteroatoms. The van der Waals surface area contributed by atoms with Crippen molar-refractivity contribution >= 4 is 50.9 Å². The zero-order valence-electron chi connectivity index (χ0n) is 16.6. The van der Waals surface area contributed by atoms with E-state index in [2.05, 4.69) is 0 Å². The minimum atomic E-state index is -3.88. The van der Waals surface area contributed by atoms with E-state index in [-0.39, 0.29) is 29.5 Å². The molecular formula is C19H19Cl2NO8S.